The Morgan fingerprint density at radius 3 is 2.60 bits per heavy atom. The van der Waals surface area contributed by atoms with Gasteiger partial charge in [-0.25, -0.2) is 4.98 Å². The number of carbonyl (C=O) groups excluding carboxylic acids is 2. The number of piperidine rings is 1. The summed E-state index contributed by atoms with van der Waals surface area (Å²) >= 11 is 0. The van der Waals surface area contributed by atoms with Crippen molar-refractivity contribution in [3.8, 4) is 0 Å². The number of nitrogens with one attached hydrogen (secondary N) is 1. The van der Waals surface area contributed by atoms with Crippen molar-refractivity contribution < 1.29 is 27.9 Å². The van der Waals surface area contributed by atoms with Gasteiger partial charge in [0.05, 0.1) is 23.7 Å². The Hall–Kier alpha value is -2.88. The first-order chi connectivity index (χ1) is 14.2. The van der Waals surface area contributed by atoms with Crippen LogP contribution in [0.2, 0.25) is 0 Å². The van der Waals surface area contributed by atoms with Crippen LogP contribution in [0.1, 0.15) is 31.6 Å². The van der Waals surface area contributed by atoms with Crippen LogP contribution in [0.15, 0.2) is 30.9 Å². The van der Waals surface area contributed by atoms with E-state index in [1.165, 1.54) is 31.2 Å². The highest BCUT2D eigenvalue weighted by Crippen LogP contribution is 2.34. The van der Waals surface area contributed by atoms with E-state index in [4.69, 9.17) is 0 Å². The molecule has 0 spiro atoms. The maximum atomic E-state index is 13.4. The second kappa shape index (κ2) is 8.47. The van der Waals surface area contributed by atoms with Crippen molar-refractivity contribution in [3.05, 3.63) is 36.7 Å². The molecule has 2 heterocycles. The summed E-state index contributed by atoms with van der Waals surface area (Å²) in [5, 5.41) is 12.1. The second-order valence-electron chi connectivity index (χ2n) is 7.33. The molecule has 1 fully saturated rings. The number of halogens is 3. The first-order valence-corrected chi connectivity index (χ1v) is 9.58. The van der Waals surface area contributed by atoms with Crippen LogP contribution in [0.4, 0.5) is 18.9 Å². The van der Waals surface area contributed by atoms with Gasteiger partial charge in [-0.3, -0.25) is 9.59 Å². The zero-order valence-corrected chi connectivity index (χ0v) is 16.4. The second-order valence-corrected chi connectivity index (χ2v) is 7.33. The van der Waals surface area contributed by atoms with Gasteiger partial charge in [-0.2, -0.15) is 13.2 Å². The number of amides is 2. The molecule has 0 aliphatic carbocycles. The first-order valence-electron chi connectivity index (χ1n) is 9.58. The number of anilines is 1. The minimum absolute atomic E-state index is 0.0758. The molecule has 1 aromatic carbocycles. The number of alkyl halides is 3. The van der Waals surface area contributed by atoms with Crippen molar-refractivity contribution in [2.24, 2.45) is 5.92 Å². The summed E-state index contributed by atoms with van der Waals surface area (Å²) in [4.78, 5) is 29.5. The van der Waals surface area contributed by atoms with Crippen molar-refractivity contribution in [2.75, 3.05) is 25.0 Å². The summed E-state index contributed by atoms with van der Waals surface area (Å²) < 4.78 is 41.1. The molecule has 1 saturated heterocycles. The Morgan fingerprint density at radius 2 is 2.03 bits per heavy atom. The molecule has 1 atom stereocenters. The van der Waals surface area contributed by atoms with Crippen LogP contribution in [-0.2, 0) is 15.8 Å². The van der Waals surface area contributed by atoms with Crippen molar-refractivity contribution in [1.29, 1.82) is 0 Å². The molecule has 1 aliphatic heterocycles. The van der Waals surface area contributed by atoms with E-state index in [0.29, 0.717) is 31.6 Å². The number of benzene rings is 1. The van der Waals surface area contributed by atoms with E-state index in [9.17, 15) is 27.9 Å². The third-order valence-corrected chi connectivity index (χ3v) is 5.27. The molecule has 2 amide bonds. The fourth-order valence-electron chi connectivity index (χ4n) is 3.64. The number of aromatic nitrogens is 2. The largest absolute Gasteiger partial charge is 0.449 e. The van der Waals surface area contributed by atoms with Gasteiger partial charge in [0.2, 0.25) is 17.6 Å². The minimum atomic E-state index is -4.68. The summed E-state index contributed by atoms with van der Waals surface area (Å²) in [7, 11) is 0. The number of aliphatic hydroxyl groups excluding tert-OH is 1. The van der Waals surface area contributed by atoms with Gasteiger partial charge in [0.25, 0.3) is 0 Å². The molecule has 2 N–H and O–H groups in total. The molecule has 162 valence electrons. The fourth-order valence-corrected chi connectivity index (χ4v) is 3.64. The number of aliphatic hydroxyl groups is 1. The Kier molecular flexibility index (Phi) is 6.16. The number of hydrogen-bond acceptors (Lipinski definition) is 4. The molecule has 1 unspecified atom stereocenters. The van der Waals surface area contributed by atoms with Crippen LogP contribution in [-0.4, -0.2) is 51.1 Å². The Labute approximate surface area is 171 Å². The van der Waals surface area contributed by atoms with Crippen molar-refractivity contribution in [2.45, 2.75) is 32.0 Å². The molecule has 2 aromatic rings. The van der Waals surface area contributed by atoms with Gasteiger partial charge in [-0.05, 0) is 44.0 Å². The molecule has 10 heteroatoms. The quantitative estimate of drug-likeness (QED) is 0.723. The van der Waals surface area contributed by atoms with Crippen molar-refractivity contribution in [1.82, 2.24) is 14.5 Å². The van der Waals surface area contributed by atoms with E-state index in [2.05, 4.69) is 16.9 Å². The minimum Gasteiger partial charge on any atom is -0.394 e. The van der Waals surface area contributed by atoms with E-state index in [0.717, 1.165) is 4.57 Å². The van der Waals surface area contributed by atoms with Crippen LogP contribution in [0, 0.1) is 5.92 Å². The predicted octanol–water partition coefficient (Wildman–Crippen LogP) is 2.97. The summed E-state index contributed by atoms with van der Waals surface area (Å²) in [5.41, 5.74) is 0.636. The lowest BCUT2D eigenvalue weighted by atomic mass is 9.95. The molecule has 0 bridgehead atoms. The SMILES string of the molecule is C=CC(=O)N1CCC(C(=O)Nc2ccc3c(c2)nc(C(F)(F)F)n3C(C)CO)CC1. The lowest BCUT2D eigenvalue weighted by Crippen LogP contribution is -2.40. The maximum absolute atomic E-state index is 13.4. The summed E-state index contributed by atoms with van der Waals surface area (Å²) in [6.07, 6.45) is -2.45. The van der Waals surface area contributed by atoms with Gasteiger partial charge in [0.1, 0.15) is 0 Å². The lowest BCUT2D eigenvalue weighted by Gasteiger charge is -2.30. The van der Waals surface area contributed by atoms with Crippen molar-refractivity contribution in [3.63, 3.8) is 0 Å². The molecule has 3 rings (SSSR count). The van der Waals surface area contributed by atoms with Gasteiger partial charge in [-0.1, -0.05) is 6.58 Å². The monoisotopic (exact) mass is 424 g/mol. The van der Waals surface area contributed by atoms with Gasteiger partial charge < -0.3 is 19.9 Å². The van der Waals surface area contributed by atoms with Gasteiger partial charge in [0.15, 0.2) is 0 Å². The van der Waals surface area contributed by atoms with E-state index >= 15 is 0 Å². The van der Waals surface area contributed by atoms with E-state index in [1.54, 1.807) is 4.90 Å². The number of rotatable bonds is 5. The lowest BCUT2D eigenvalue weighted by molar-refractivity contribution is -0.147. The zero-order valence-electron chi connectivity index (χ0n) is 16.4. The normalized spacial score (nSPS) is 16.5. The number of fused-ring (bicyclic) bond motifs is 1. The maximum Gasteiger partial charge on any atom is 0.449 e. The third-order valence-electron chi connectivity index (χ3n) is 5.27. The fraction of sp³-hybridized carbons (Fsp3) is 0.450. The Bertz CT molecular complexity index is 962. The van der Waals surface area contributed by atoms with Gasteiger partial charge >= 0.3 is 6.18 Å². The highest BCUT2D eigenvalue weighted by Gasteiger charge is 2.38. The molecule has 1 aliphatic rings. The number of hydrogen-bond donors (Lipinski definition) is 2. The predicted molar refractivity (Wildman–Crippen MR) is 105 cm³/mol. The van der Waals surface area contributed by atoms with Crippen LogP contribution >= 0.6 is 0 Å². The van der Waals surface area contributed by atoms with E-state index in [-0.39, 0.29) is 28.8 Å². The Morgan fingerprint density at radius 1 is 1.37 bits per heavy atom. The topological polar surface area (TPSA) is 87.5 Å². The van der Waals surface area contributed by atoms with Crippen LogP contribution in [0.5, 0.6) is 0 Å². The van der Waals surface area contributed by atoms with Gasteiger partial charge in [0, 0.05) is 24.7 Å². The zero-order chi connectivity index (χ0) is 22.1. The van der Waals surface area contributed by atoms with Crippen LogP contribution < -0.4 is 5.32 Å². The average molecular weight is 424 g/mol. The number of likely N-dealkylation sites (tertiary alicyclic amines) is 1. The first kappa shape index (κ1) is 21.8. The number of carbonyl (C=O) groups is 2. The average Bonchev–Trinajstić information content (AvgIpc) is 3.12. The molecule has 7 nitrogen and oxygen atoms in total. The summed E-state index contributed by atoms with van der Waals surface area (Å²) in [6, 6.07) is 3.54. The molecule has 0 saturated carbocycles. The summed E-state index contributed by atoms with van der Waals surface area (Å²) in [5.74, 6) is -1.82. The molecule has 1 aromatic heterocycles. The molecule has 0 radical (unpaired) electrons. The highest BCUT2D eigenvalue weighted by molar-refractivity contribution is 5.95. The van der Waals surface area contributed by atoms with Crippen LogP contribution in [0.3, 0.4) is 0 Å². The van der Waals surface area contributed by atoms with Crippen LogP contribution in [0.25, 0.3) is 11.0 Å². The molecule has 30 heavy (non-hydrogen) atoms. The number of nitrogens with zero attached hydrogens (tertiary/aromatic N) is 3. The summed E-state index contributed by atoms with van der Waals surface area (Å²) in [6.45, 7) is 5.33. The van der Waals surface area contributed by atoms with E-state index in [1.807, 2.05) is 0 Å². The molecular weight excluding hydrogens is 401 g/mol. The van der Waals surface area contributed by atoms with Crippen molar-refractivity contribution >= 4 is 28.5 Å². The standard InChI is InChI=1S/C20H23F3N4O3/c1-3-17(29)26-8-6-13(7-9-26)18(30)24-14-4-5-16-15(10-14)25-19(20(21,22)23)27(16)12(2)11-28/h3-5,10,12-13,28H,1,6-9,11H2,2H3,(H,24,30). The number of imidazole rings is 1. The Balaban J connectivity index is 1.79. The highest BCUT2D eigenvalue weighted by atomic mass is 19.4. The van der Waals surface area contributed by atoms with Gasteiger partial charge in [-0.15, -0.1) is 0 Å². The van der Waals surface area contributed by atoms with E-state index < -0.39 is 24.6 Å². The third kappa shape index (κ3) is 4.33. The smallest absolute Gasteiger partial charge is 0.394 e. The molecular formula is C20H23F3N4O3.